The van der Waals surface area contributed by atoms with Gasteiger partial charge in [0.15, 0.2) is 11.5 Å². The molecule has 0 fully saturated rings. The molecule has 0 bridgehead atoms. The van der Waals surface area contributed by atoms with Crippen molar-refractivity contribution < 1.29 is 28.5 Å². The van der Waals surface area contributed by atoms with Gasteiger partial charge in [0.05, 0.1) is 31.8 Å². The number of carbonyl (C=O) groups is 1. The van der Waals surface area contributed by atoms with E-state index in [-0.39, 0.29) is 17.2 Å². The number of hydrogen-bond donors (Lipinski definition) is 1. The molecule has 8 nitrogen and oxygen atoms in total. The quantitative estimate of drug-likeness (QED) is 0.118. The van der Waals surface area contributed by atoms with E-state index in [1.807, 2.05) is 18.2 Å². The molecule has 2 N–H and O–H groups in total. The summed E-state index contributed by atoms with van der Waals surface area (Å²) >= 11 is 0. The number of nitrogens with zero attached hydrogens (tertiary/aromatic N) is 1. The highest BCUT2D eigenvalue weighted by Crippen LogP contribution is 2.45. The molecule has 0 saturated carbocycles. The predicted octanol–water partition coefficient (Wildman–Crippen LogP) is 7.52. The zero-order valence-electron chi connectivity index (χ0n) is 25.4. The Labute approximate surface area is 254 Å². The molecule has 0 amide bonds. The van der Waals surface area contributed by atoms with E-state index in [1.165, 1.54) is 19.3 Å². The molecule has 1 heterocycles. The van der Waals surface area contributed by atoms with Crippen molar-refractivity contribution >= 4 is 5.97 Å². The number of ether oxygens (including phenoxy) is 5. The lowest BCUT2D eigenvalue weighted by molar-refractivity contribution is 0.0734. The molecule has 1 aliphatic rings. The summed E-state index contributed by atoms with van der Waals surface area (Å²) in [6.07, 6.45) is 5.73. The lowest BCUT2D eigenvalue weighted by Gasteiger charge is -2.27. The fraction of sp³-hybridized carbons (Fsp3) is 0.371. The van der Waals surface area contributed by atoms with Crippen molar-refractivity contribution in [3.63, 3.8) is 0 Å². The number of benzene rings is 3. The van der Waals surface area contributed by atoms with E-state index in [2.05, 4.69) is 26.8 Å². The molecule has 0 spiro atoms. The Hall–Kier alpha value is -4.64. The van der Waals surface area contributed by atoms with Crippen LogP contribution >= 0.6 is 0 Å². The molecule has 0 saturated heterocycles. The molecule has 43 heavy (non-hydrogen) atoms. The standard InChI is InChI=1S/C35H40N2O6/c1-5-6-7-8-9-18-40-30-17-12-25(19-32(30)39-4)33-28-16-15-27(20-31(28)43-34(37)29(33)21-36)42-35(38)24-10-13-26(14-11-24)41-22-23(2)3/h10-17,19-20,23,33H,5-9,18,22,37H2,1-4H3. The van der Waals surface area contributed by atoms with E-state index < -0.39 is 11.9 Å². The highest BCUT2D eigenvalue weighted by molar-refractivity contribution is 5.91. The van der Waals surface area contributed by atoms with Gasteiger partial charge >= 0.3 is 5.97 Å². The second-order valence-electron chi connectivity index (χ2n) is 10.9. The Kier molecular flexibility index (Phi) is 10.9. The fourth-order valence-electron chi connectivity index (χ4n) is 4.83. The maximum atomic E-state index is 12.8. The second-order valence-corrected chi connectivity index (χ2v) is 10.9. The van der Waals surface area contributed by atoms with E-state index in [4.69, 9.17) is 29.4 Å². The molecule has 4 rings (SSSR count). The van der Waals surface area contributed by atoms with Crippen LogP contribution < -0.4 is 29.4 Å². The first kappa shape index (κ1) is 31.3. The monoisotopic (exact) mass is 584 g/mol. The summed E-state index contributed by atoms with van der Waals surface area (Å²) in [6, 6.07) is 19.7. The van der Waals surface area contributed by atoms with E-state index in [1.54, 1.807) is 49.6 Å². The number of hydrogen-bond acceptors (Lipinski definition) is 8. The first-order valence-corrected chi connectivity index (χ1v) is 14.8. The van der Waals surface area contributed by atoms with Crippen molar-refractivity contribution in [2.24, 2.45) is 11.7 Å². The highest BCUT2D eigenvalue weighted by Gasteiger charge is 2.32. The highest BCUT2D eigenvalue weighted by atomic mass is 16.5. The SMILES string of the molecule is CCCCCCCOc1ccc(C2C(C#N)=C(N)Oc3cc(OC(=O)c4ccc(OCC(C)C)cc4)ccc32)cc1OC. The fourth-order valence-corrected chi connectivity index (χ4v) is 4.83. The van der Waals surface area contributed by atoms with Gasteiger partial charge in [-0.3, -0.25) is 0 Å². The summed E-state index contributed by atoms with van der Waals surface area (Å²) in [6.45, 7) is 7.53. The lowest BCUT2D eigenvalue weighted by atomic mass is 9.83. The number of nitriles is 1. The molecule has 3 aromatic carbocycles. The second kappa shape index (κ2) is 15.0. The smallest absolute Gasteiger partial charge is 0.343 e. The molecule has 0 aliphatic carbocycles. The normalized spacial score (nSPS) is 14.0. The number of unbranched alkanes of at least 4 members (excludes halogenated alkanes) is 4. The van der Waals surface area contributed by atoms with E-state index in [9.17, 15) is 10.1 Å². The van der Waals surface area contributed by atoms with E-state index >= 15 is 0 Å². The zero-order valence-corrected chi connectivity index (χ0v) is 25.4. The molecule has 226 valence electrons. The van der Waals surface area contributed by atoms with Crippen LogP contribution in [-0.2, 0) is 0 Å². The number of methoxy groups -OCH3 is 1. The number of fused-ring (bicyclic) bond motifs is 1. The van der Waals surface area contributed by atoms with Crippen molar-refractivity contribution in [2.45, 2.75) is 58.8 Å². The Balaban J connectivity index is 1.52. The minimum absolute atomic E-state index is 0.00756. The van der Waals surface area contributed by atoms with Crippen LogP contribution in [0.15, 0.2) is 72.1 Å². The minimum atomic E-state index is -0.519. The topological polar surface area (TPSA) is 113 Å². The van der Waals surface area contributed by atoms with Gasteiger partial charge in [0.25, 0.3) is 0 Å². The number of allylic oxidation sites excluding steroid dienone is 1. The molecule has 3 aromatic rings. The third kappa shape index (κ3) is 8.01. The largest absolute Gasteiger partial charge is 0.493 e. The predicted molar refractivity (Wildman–Crippen MR) is 165 cm³/mol. The van der Waals surface area contributed by atoms with Crippen LogP contribution in [0.1, 0.15) is 80.3 Å². The third-order valence-corrected chi connectivity index (χ3v) is 7.10. The summed E-state index contributed by atoms with van der Waals surface area (Å²) in [4.78, 5) is 12.8. The van der Waals surface area contributed by atoms with Crippen LogP contribution in [-0.4, -0.2) is 26.3 Å². The van der Waals surface area contributed by atoms with Crippen LogP contribution in [0.2, 0.25) is 0 Å². The Morgan fingerprint density at radius 2 is 1.70 bits per heavy atom. The van der Waals surface area contributed by atoms with Crippen LogP contribution in [0.5, 0.6) is 28.7 Å². The molecular weight excluding hydrogens is 544 g/mol. The van der Waals surface area contributed by atoms with Gasteiger partial charge in [0.2, 0.25) is 5.88 Å². The Bertz CT molecular complexity index is 1470. The average Bonchev–Trinajstić information content (AvgIpc) is 3.01. The van der Waals surface area contributed by atoms with Crippen molar-refractivity contribution in [2.75, 3.05) is 20.3 Å². The van der Waals surface area contributed by atoms with Gasteiger partial charge in [-0.25, -0.2) is 4.79 Å². The van der Waals surface area contributed by atoms with Gasteiger partial charge in [0, 0.05) is 11.6 Å². The van der Waals surface area contributed by atoms with Crippen molar-refractivity contribution in [1.82, 2.24) is 0 Å². The molecule has 8 heteroatoms. The van der Waals surface area contributed by atoms with Gasteiger partial charge in [-0.05, 0) is 60.4 Å². The van der Waals surface area contributed by atoms with Crippen molar-refractivity contribution in [3.8, 4) is 34.8 Å². The number of rotatable bonds is 14. The third-order valence-electron chi connectivity index (χ3n) is 7.10. The zero-order chi connectivity index (χ0) is 30.8. The van der Waals surface area contributed by atoms with Gasteiger partial charge in [0.1, 0.15) is 28.9 Å². The summed E-state index contributed by atoms with van der Waals surface area (Å²) in [7, 11) is 1.59. The van der Waals surface area contributed by atoms with Crippen LogP contribution in [0.25, 0.3) is 0 Å². The van der Waals surface area contributed by atoms with E-state index in [0.29, 0.717) is 53.3 Å². The molecule has 1 unspecified atom stereocenters. The molecule has 0 radical (unpaired) electrons. The number of carbonyl (C=O) groups excluding carboxylic acids is 1. The summed E-state index contributed by atoms with van der Waals surface area (Å²) < 4.78 is 28.8. The van der Waals surface area contributed by atoms with Gasteiger partial charge in [-0.15, -0.1) is 0 Å². The van der Waals surface area contributed by atoms with Crippen molar-refractivity contribution in [1.29, 1.82) is 5.26 Å². The molecule has 0 aromatic heterocycles. The molecule has 1 aliphatic heterocycles. The maximum Gasteiger partial charge on any atom is 0.343 e. The summed E-state index contributed by atoms with van der Waals surface area (Å²) in [5.74, 6) is 1.95. The molecule has 1 atom stereocenters. The first-order valence-electron chi connectivity index (χ1n) is 14.8. The van der Waals surface area contributed by atoms with Gasteiger partial charge in [-0.2, -0.15) is 5.26 Å². The van der Waals surface area contributed by atoms with Gasteiger partial charge in [-0.1, -0.05) is 58.6 Å². The first-order chi connectivity index (χ1) is 20.8. The molecular formula is C35H40N2O6. The summed E-state index contributed by atoms with van der Waals surface area (Å²) in [5, 5.41) is 9.98. The Morgan fingerprint density at radius 1 is 0.953 bits per heavy atom. The Morgan fingerprint density at radius 3 is 2.40 bits per heavy atom. The minimum Gasteiger partial charge on any atom is -0.493 e. The van der Waals surface area contributed by atoms with Crippen LogP contribution in [0, 0.1) is 17.2 Å². The number of nitrogens with two attached hydrogens (primary N) is 1. The van der Waals surface area contributed by atoms with Crippen LogP contribution in [0.3, 0.4) is 0 Å². The maximum absolute atomic E-state index is 12.8. The van der Waals surface area contributed by atoms with E-state index in [0.717, 1.165) is 18.4 Å². The summed E-state index contributed by atoms with van der Waals surface area (Å²) in [5.41, 5.74) is 8.38. The lowest BCUT2D eigenvalue weighted by Crippen LogP contribution is -2.21. The van der Waals surface area contributed by atoms with Crippen molar-refractivity contribution in [3.05, 3.63) is 88.8 Å². The number of esters is 1. The average molecular weight is 585 g/mol. The van der Waals surface area contributed by atoms with Gasteiger partial charge < -0.3 is 29.4 Å². The van der Waals surface area contributed by atoms with Crippen LogP contribution in [0.4, 0.5) is 0 Å².